The summed E-state index contributed by atoms with van der Waals surface area (Å²) in [4.78, 5) is 25.6. The SMILES string of the molecule is N#Cc1ncccc1-n1nc(-c2ncccn2)cc(-c2ccccc2)c1=O. The zero-order valence-corrected chi connectivity index (χ0v) is 14.0. The highest BCUT2D eigenvalue weighted by Gasteiger charge is 2.16. The van der Waals surface area contributed by atoms with Gasteiger partial charge in [-0.25, -0.2) is 15.0 Å². The van der Waals surface area contributed by atoms with Crippen LogP contribution in [0.2, 0.25) is 0 Å². The van der Waals surface area contributed by atoms with Gasteiger partial charge in [0, 0.05) is 18.6 Å². The molecule has 0 unspecified atom stereocenters. The van der Waals surface area contributed by atoms with Crippen LogP contribution < -0.4 is 5.56 Å². The topological polar surface area (TPSA) is 97.3 Å². The second kappa shape index (κ2) is 6.98. The Morgan fingerprint density at radius 2 is 1.63 bits per heavy atom. The number of hydrogen-bond donors (Lipinski definition) is 0. The van der Waals surface area contributed by atoms with Crippen LogP contribution in [0.4, 0.5) is 0 Å². The average molecular weight is 352 g/mol. The van der Waals surface area contributed by atoms with E-state index < -0.39 is 0 Å². The maximum absolute atomic E-state index is 13.1. The molecular weight excluding hydrogens is 340 g/mol. The van der Waals surface area contributed by atoms with E-state index in [0.717, 1.165) is 5.56 Å². The van der Waals surface area contributed by atoms with E-state index in [1.54, 1.807) is 36.7 Å². The minimum absolute atomic E-state index is 0.109. The molecule has 0 spiro atoms. The van der Waals surface area contributed by atoms with Crippen molar-refractivity contribution in [3.8, 4) is 34.4 Å². The predicted molar refractivity (Wildman–Crippen MR) is 98.8 cm³/mol. The fraction of sp³-hybridized carbons (Fsp3) is 0. The van der Waals surface area contributed by atoms with Crippen molar-refractivity contribution in [3.05, 3.63) is 89.2 Å². The Labute approximate surface area is 154 Å². The normalized spacial score (nSPS) is 10.3. The standard InChI is InChI=1S/C20H12N6O/c21-13-17-18(8-4-9-22-17)26-20(27)15(14-6-2-1-3-7-14)12-16(25-26)19-23-10-5-11-24-19/h1-12H. The fourth-order valence-corrected chi connectivity index (χ4v) is 2.68. The molecule has 7 nitrogen and oxygen atoms in total. The molecule has 0 N–H and O–H groups in total. The molecule has 3 heterocycles. The summed E-state index contributed by atoms with van der Waals surface area (Å²) in [6.07, 6.45) is 4.70. The van der Waals surface area contributed by atoms with Gasteiger partial charge in [0.1, 0.15) is 17.5 Å². The number of nitrogens with zero attached hydrogens (tertiary/aromatic N) is 6. The van der Waals surface area contributed by atoms with E-state index in [0.29, 0.717) is 22.8 Å². The van der Waals surface area contributed by atoms with E-state index in [9.17, 15) is 10.1 Å². The van der Waals surface area contributed by atoms with Crippen LogP contribution >= 0.6 is 0 Å². The highest BCUT2D eigenvalue weighted by atomic mass is 16.1. The van der Waals surface area contributed by atoms with Gasteiger partial charge in [0.25, 0.3) is 5.56 Å². The number of benzene rings is 1. The Hall–Kier alpha value is -4.18. The Morgan fingerprint density at radius 3 is 2.37 bits per heavy atom. The van der Waals surface area contributed by atoms with Crippen molar-refractivity contribution in [3.63, 3.8) is 0 Å². The van der Waals surface area contributed by atoms with Gasteiger partial charge in [-0.05, 0) is 29.8 Å². The van der Waals surface area contributed by atoms with E-state index in [1.165, 1.54) is 10.9 Å². The van der Waals surface area contributed by atoms with Gasteiger partial charge in [0.05, 0.1) is 5.56 Å². The predicted octanol–water partition coefficient (Wildman–Crippen LogP) is 2.62. The van der Waals surface area contributed by atoms with Crippen LogP contribution in [0.25, 0.3) is 28.3 Å². The molecular formula is C20H12N6O. The van der Waals surface area contributed by atoms with Gasteiger partial charge in [-0.2, -0.15) is 15.0 Å². The zero-order valence-electron chi connectivity index (χ0n) is 14.0. The zero-order chi connectivity index (χ0) is 18.6. The molecule has 0 amide bonds. The Bertz CT molecular complexity index is 1200. The molecule has 1 aromatic carbocycles. The first-order valence-electron chi connectivity index (χ1n) is 8.10. The van der Waals surface area contributed by atoms with Crippen molar-refractivity contribution < 1.29 is 0 Å². The van der Waals surface area contributed by atoms with Crippen molar-refractivity contribution in [1.29, 1.82) is 5.26 Å². The lowest BCUT2D eigenvalue weighted by atomic mass is 10.1. The molecule has 0 bridgehead atoms. The third-order valence-electron chi connectivity index (χ3n) is 3.91. The van der Waals surface area contributed by atoms with Gasteiger partial charge in [-0.15, -0.1) is 0 Å². The number of nitriles is 1. The van der Waals surface area contributed by atoms with Gasteiger partial charge in [0.15, 0.2) is 11.5 Å². The average Bonchev–Trinajstić information content (AvgIpc) is 2.75. The van der Waals surface area contributed by atoms with Crippen LogP contribution in [0.15, 0.2) is 78.0 Å². The first-order chi connectivity index (χ1) is 13.3. The number of pyridine rings is 1. The minimum Gasteiger partial charge on any atom is -0.267 e. The second-order valence-electron chi connectivity index (χ2n) is 5.58. The number of rotatable bonds is 3. The molecule has 4 rings (SSSR count). The van der Waals surface area contributed by atoms with Crippen LogP contribution in [0, 0.1) is 11.3 Å². The van der Waals surface area contributed by atoms with Gasteiger partial charge in [-0.1, -0.05) is 30.3 Å². The summed E-state index contributed by atoms with van der Waals surface area (Å²) >= 11 is 0. The second-order valence-corrected chi connectivity index (χ2v) is 5.58. The van der Waals surface area contributed by atoms with Crippen molar-refractivity contribution in [2.75, 3.05) is 0 Å². The van der Waals surface area contributed by atoms with Crippen LogP contribution in [-0.4, -0.2) is 24.7 Å². The van der Waals surface area contributed by atoms with Crippen LogP contribution in [0.3, 0.4) is 0 Å². The first kappa shape index (κ1) is 16.3. The van der Waals surface area contributed by atoms with E-state index in [1.807, 2.05) is 36.4 Å². The van der Waals surface area contributed by atoms with Crippen LogP contribution in [-0.2, 0) is 0 Å². The summed E-state index contributed by atoms with van der Waals surface area (Å²) in [6, 6.07) is 17.9. The minimum atomic E-state index is -0.356. The van der Waals surface area contributed by atoms with Crippen molar-refractivity contribution in [2.24, 2.45) is 0 Å². The van der Waals surface area contributed by atoms with Crippen LogP contribution in [0.1, 0.15) is 5.69 Å². The lowest BCUT2D eigenvalue weighted by molar-refractivity contribution is 0.802. The Morgan fingerprint density at radius 1 is 0.889 bits per heavy atom. The number of hydrogen-bond acceptors (Lipinski definition) is 6. The molecule has 0 atom stereocenters. The molecule has 27 heavy (non-hydrogen) atoms. The largest absolute Gasteiger partial charge is 0.279 e. The van der Waals surface area contributed by atoms with E-state index in [2.05, 4.69) is 20.1 Å². The smallest absolute Gasteiger partial charge is 0.267 e. The highest BCUT2D eigenvalue weighted by Crippen LogP contribution is 2.21. The molecule has 0 aliphatic carbocycles. The summed E-state index contributed by atoms with van der Waals surface area (Å²) in [5.74, 6) is 0.380. The third kappa shape index (κ3) is 3.07. The summed E-state index contributed by atoms with van der Waals surface area (Å²) in [6.45, 7) is 0. The molecule has 0 aliphatic rings. The molecule has 0 aliphatic heterocycles. The summed E-state index contributed by atoms with van der Waals surface area (Å²) in [5, 5.41) is 13.8. The van der Waals surface area contributed by atoms with Gasteiger partial charge < -0.3 is 0 Å². The fourth-order valence-electron chi connectivity index (χ4n) is 2.68. The van der Waals surface area contributed by atoms with Gasteiger partial charge >= 0.3 is 0 Å². The Kier molecular flexibility index (Phi) is 4.21. The molecule has 128 valence electrons. The molecule has 0 radical (unpaired) electrons. The van der Waals surface area contributed by atoms with Crippen LogP contribution in [0.5, 0.6) is 0 Å². The van der Waals surface area contributed by atoms with Crippen molar-refractivity contribution >= 4 is 0 Å². The maximum atomic E-state index is 13.1. The lowest BCUT2D eigenvalue weighted by Gasteiger charge is -2.11. The Balaban J connectivity index is 2.04. The molecule has 0 fully saturated rings. The lowest BCUT2D eigenvalue weighted by Crippen LogP contribution is -2.24. The first-order valence-corrected chi connectivity index (χ1v) is 8.10. The highest BCUT2D eigenvalue weighted by molar-refractivity contribution is 5.67. The third-order valence-corrected chi connectivity index (χ3v) is 3.91. The molecule has 4 aromatic rings. The van der Waals surface area contributed by atoms with E-state index >= 15 is 0 Å². The van der Waals surface area contributed by atoms with Gasteiger partial charge in [-0.3, -0.25) is 4.79 Å². The van der Waals surface area contributed by atoms with E-state index in [4.69, 9.17) is 0 Å². The van der Waals surface area contributed by atoms with Crippen molar-refractivity contribution in [1.82, 2.24) is 24.7 Å². The monoisotopic (exact) mass is 352 g/mol. The summed E-state index contributed by atoms with van der Waals surface area (Å²) in [7, 11) is 0. The summed E-state index contributed by atoms with van der Waals surface area (Å²) in [5.41, 5.74) is 1.64. The quantitative estimate of drug-likeness (QED) is 0.562. The molecule has 7 heteroatoms. The number of aromatic nitrogens is 5. The molecule has 0 saturated heterocycles. The van der Waals surface area contributed by atoms with Crippen molar-refractivity contribution in [2.45, 2.75) is 0 Å². The summed E-state index contributed by atoms with van der Waals surface area (Å²) < 4.78 is 1.18. The van der Waals surface area contributed by atoms with E-state index in [-0.39, 0.29) is 11.3 Å². The molecule has 3 aromatic heterocycles. The maximum Gasteiger partial charge on any atom is 0.279 e. The molecule has 0 saturated carbocycles. The van der Waals surface area contributed by atoms with Gasteiger partial charge in [0.2, 0.25) is 0 Å².